The zero-order valence-corrected chi connectivity index (χ0v) is 14.1. The Bertz CT molecular complexity index is 765. The van der Waals surface area contributed by atoms with Crippen LogP contribution in [0.4, 0.5) is 13.2 Å². The molecule has 0 aromatic heterocycles. The van der Waals surface area contributed by atoms with Crippen molar-refractivity contribution in [3.8, 4) is 0 Å². The molecule has 0 aliphatic carbocycles. The lowest BCUT2D eigenvalue weighted by Gasteiger charge is -2.17. The molecule has 2 aromatic carbocycles. The first-order chi connectivity index (χ1) is 11.4. The summed E-state index contributed by atoms with van der Waals surface area (Å²) < 4.78 is 40.1. The Morgan fingerprint density at radius 1 is 1.08 bits per heavy atom. The van der Waals surface area contributed by atoms with Crippen molar-refractivity contribution in [3.05, 3.63) is 65.2 Å². The summed E-state index contributed by atoms with van der Waals surface area (Å²) in [5.74, 6) is 0. The van der Waals surface area contributed by atoms with E-state index in [2.05, 4.69) is 11.4 Å². The van der Waals surface area contributed by atoms with Crippen LogP contribution in [0.5, 0.6) is 0 Å². The van der Waals surface area contributed by atoms with Gasteiger partial charge < -0.3 is 5.32 Å². The van der Waals surface area contributed by atoms with Crippen molar-refractivity contribution in [1.82, 2.24) is 5.32 Å². The molecule has 1 aliphatic rings. The van der Waals surface area contributed by atoms with Crippen molar-refractivity contribution >= 4 is 17.3 Å². The van der Waals surface area contributed by atoms with Crippen molar-refractivity contribution in [2.45, 2.75) is 29.3 Å². The molecule has 1 aliphatic heterocycles. The highest BCUT2D eigenvalue weighted by Gasteiger charge is 2.35. The van der Waals surface area contributed by atoms with Crippen LogP contribution >= 0.6 is 11.8 Å². The minimum absolute atomic E-state index is 0.249. The molecule has 0 spiro atoms. The molecule has 1 nitrogen and oxygen atoms in total. The maximum Gasteiger partial charge on any atom is 0.417 e. The lowest BCUT2D eigenvalue weighted by molar-refractivity contribution is -0.140. The molecule has 2 aromatic rings. The largest absolute Gasteiger partial charge is 0.417 e. The van der Waals surface area contributed by atoms with Gasteiger partial charge >= 0.3 is 6.18 Å². The standard InChI is InChI=1S/C19H18F3NS/c1-13-4-2-7-17(18(13)19(20,21)22)24-16-6-3-5-15(12-16)14-8-10-23-11-9-14/h2-8,12,23H,9-11H2,1H3. The fourth-order valence-electron chi connectivity index (χ4n) is 2.86. The molecular formula is C19H18F3NS. The summed E-state index contributed by atoms with van der Waals surface area (Å²) in [5, 5.41) is 3.26. The monoisotopic (exact) mass is 349 g/mol. The highest BCUT2D eigenvalue weighted by atomic mass is 32.2. The topological polar surface area (TPSA) is 12.0 Å². The van der Waals surface area contributed by atoms with Crippen molar-refractivity contribution in [2.24, 2.45) is 0 Å². The number of nitrogens with one attached hydrogen (secondary N) is 1. The first-order valence-corrected chi connectivity index (χ1v) is 8.61. The van der Waals surface area contributed by atoms with E-state index in [1.807, 2.05) is 24.3 Å². The van der Waals surface area contributed by atoms with Crippen LogP contribution in [0.1, 0.15) is 23.1 Å². The summed E-state index contributed by atoms with van der Waals surface area (Å²) in [6.07, 6.45) is -1.27. The van der Waals surface area contributed by atoms with E-state index in [-0.39, 0.29) is 10.5 Å². The fourth-order valence-corrected chi connectivity index (χ4v) is 3.97. The third-order valence-corrected chi connectivity index (χ3v) is 5.06. The van der Waals surface area contributed by atoms with Crippen molar-refractivity contribution in [3.63, 3.8) is 0 Å². The molecule has 0 saturated heterocycles. The molecule has 0 saturated carbocycles. The Hall–Kier alpha value is -1.72. The Morgan fingerprint density at radius 2 is 1.88 bits per heavy atom. The number of hydrogen-bond acceptors (Lipinski definition) is 2. The van der Waals surface area contributed by atoms with Gasteiger partial charge in [0.15, 0.2) is 0 Å². The number of aryl methyl sites for hydroxylation is 1. The summed E-state index contributed by atoms with van der Waals surface area (Å²) in [6.45, 7) is 3.27. The highest BCUT2D eigenvalue weighted by molar-refractivity contribution is 7.99. The lowest BCUT2D eigenvalue weighted by Crippen LogP contribution is -2.19. The van der Waals surface area contributed by atoms with Crippen molar-refractivity contribution < 1.29 is 13.2 Å². The molecule has 126 valence electrons. The number of alkyl halides is 3. The fraction of sp³-hybridized carbons (Fsp3) is 0.263. The summed E-state index contributed by atoms with van der Waals surface area (Å²) >= 11 is 1.17. The van der Waals surface area contributed by atoms with E-state index in [9.17, 15) is 13.2 Å². The first kappa shape index (κ1) is 17.1. The zero-order valence-electron chi connectivity index (χ0n) is 13.3. The normalized spacial score (nSPS) is 15.2. The van der Waals surface area contributed by atoms with Crippen LogP contribution < -0.4 is 5.32 Å². The van der Waals surface area contributed by atoms with Gasteiger partial charge in [0.05, 0.1) is 5.56 Å². The van der Waals surface area contributed by atoms with E-state index in [0.29, 0.717) is 0 Å². The second-order valence-corrected chi connectivity index (χ2v) is 6.87. The lowest BCUT2D eigenvalue weighted by atomic mass is 10.0. The van der Waals surface area contributed by atoms with Crippen molar-refractivity contribution in [1.29, 1.82) is 0 Å². The second kappa shape index (κ2) is 7.03. The third-order valence-electron chi connectivity index (χ3n) is 4.01. The summed E-state index contributed by atoms with van der Waals surface area (Å²) in [7, 11) is 0. The zero-order chi connectivity index (χ0) is 17.2. The smallest absolute Gasteiger partial charge is 0.313 e. The highest BCUT2D eigenvalue weighted by Crippen LogP contribution is 2.41. The van der Waals surface area contributed by atoms with Gasteiger partial charge in [0, 0.05) is 16.3 Å². The molecule has 0 radical (unpaired) electrons. The van der Waals surface area contributed by atoms with Gasteiger partial charge in [0.25, 0.3) is 0 Å². The maximum atomic E-state index is 13.4. The van der Waals surface area contributed by atoms with Crippen LogP contribution in [0.2, 0.25) is 0 Å². The van der Waals surface area contributed by atoms with E-state index >= 15 is 0 Å². The summed E-state index contributed by atoms with van der Waals surface area (Å²) in [4.78, 5) is 1.07. The maximum absolute atomic E-state index is 13.4. The predicted molar refractivity (Wildman–Crippen MR) is 92.2 cm³/mol. The summed E-state index contributed by atoms with van der Waals surface area (Å²) in [5.41, 5.74) is 2.05. The molecule has 0 atom stereocenters. The van der Waals surface area contributed by atoms with E-state index in [0.717, 1.165) is 30.0 Å². The predicted octanol–water partition coefficient (Wildman–Crippen LogP) is 5.54. The van der Waals surface area contributed by atoms with Crippen LogP contribution in [-0.2, 0) is 6.18 Å². The van der Waals surface area contributed by atoms with E-state index < -0.39 is 11.7 Å². The molecule has 0 fully saturated rings. The van der Waals surface area contributed by atoms with E-state index in [1.165, 1.54) is 36.4 Å². The minimum Gasteiger partial charge on any atom is -0.313 e. The van der Waals surface area contributed by atoms with Gasteiger partial charge in [0.2, 0.25) is 0 Å². The number of hydrogen-bond donors (Lipinski definition) is 1. The minimum atomic E-state index is -4.34. The Kier molecular flexibility index (Phi) is 5.01. The average molecular weight is 349 g/mol. The molecule has 5 heteroatoms. The third kappa shape index (κ3) is 3.84. The van der Waals surface area contributed by atoms with Gasteiger partial charge in [-0.3, -0.25) is 0 Å². The molecule has 3 rings (SSSR count). The first-order valence-electron chi connectivity index (χ1n) is 7.80. The Balaban J connectivity index is 1.93. The van der Waals surface area contributed by atoms with Crippen molar-refractivity contribution in [2.75, 3.05) is 13.1 Å². The van der Waals surface area contributed by atoms with Gasteiger partial charge in [-0.1, -0.05) is 42.1 Å². The van der Waals surface area contributed by atoms with Gasteiger partial charge in [-0.2, -0.15) is 13.2 Å². The number of halogens is 3. The molecule has 0 bridgehead atoms. The van der Waals surface area contributed by atoms with Gasteiger partial charge in [-0.25, -0.2) is 0 Å². The molecule has 24 heavy (non-hydrogen) atoms. The molecular weight excluding hydrogens is 331 g/mol. The van der Waals surface area contributed by atoms with Gasteiger partial charge in [0.1, 0.15) is 0 Å². The van der Waals surface area contributed by atoms with Crippen LogP contribution in [-0.4, -0.2) is 13.1 Å². The van der Waals surface area contributed by atoms with Crippen LogP contribution in [0, 0.1) is 6.92 Å². The van der Waals surface area contributed by atoms with Crippen LogP contribution in [0.3, 0.4) is 0 Å². The van der Waals surface area contributed by atoms with E-state index in [4.69, 9.17) is 0 Å². The second-order valence-electron chi connectivity index (χ2n) is 5.76. The van der Waals surface area contributed by atoms with Gasteiger partial charge in [-0.05, 0) is 54.8 Å². The average Bonchev–Trinajstić information content (AvgIpc) is 2.55. The number of benzene rings is 2. The molecule has 1 N–H and O–H groups in total. The quantitative estimate of drug-likeness (QED) is 0.780. The molecule has 0 amide bonds. The Morgan fingerprint density at radius 3 is 2.58 bits per heavy atom. The molecule has 1 heterocycles. The number of rotatable bonds is 3. The van der Waals surface area contributed by atoms with Gasteiger partial charge in [-0.15, -0.1) is 0 Å². The Labute approximate surface area is 144 Å². The molecule has 0 unspecified atom stereocenters. The van der Waals surface area contributed by atoms with Crippen LogP contribution in [0.15, 0.2) is 58.3 Å². The van der Waals surface area contributed by atoms with Crippen LogP contribution in [0.25, 0.3) is 5.57 Å². The SMILES string of the molecule is Cc1cccc(Sc2cccc(C3=CCNCC3)c2)c1C(F)(F)F. The van der Waals surface area contributed by atoms with E-state index in [1.54, 1.807) is 6.07 Å². The summed E-state index contributed by atoms with van der Waals surface area (Å²) in [6, 6.07) is 12.5.